The van der Waals surface area contributed by atoms with E-state index in [0.717, 1.165) is 38.5 Å². The molecule has 0 radical (unpaired) electrons. The molecule has 33 heavy (non-hydrogen) atoms. The molecular weight excluding hydrogens is 552 g/mol. The van der Waals surface area contributed by atoms with Crippen LogP contribution >= 0.6 is 0 Å². The van der Waals surface area contributed by atoms with Gasteiger partial charge in [0.2, 0.25) is 0 Å². The van der Waals surface area contributed by atoms with Crippen molar-refractivity contribution in [3.05, 3.63) is 0 Å². The van der Waals surface area contributed by atoms with Crippen molar-refractivity contribution in [2.75, 3.05) is 46.2 Å². The molecule has 200 valence electrons. The SMILES string of the molecule is CC(C)(O)COCCOCCOCCO.CCCCCC(=O)O.CCCCCC(=O)O.O=[Te]. The third kappa shape index (κ3) is 59.2. The molecule has 0 aromatic rings. The van der Waals surface area contributed by atoms with Crippen molar-refractivity contribution in [2.24, 2.45) is 0 Å². The van der Waals surface area contributed by atoms with E-state index in [4.69, 9.17) is 32.6 Å². The van der Waals surface area contributed by atoms with Gasteiger partial charge in [-0.1, -0.05) is 39.5 Å². The third-order valence-electron chi connectivity index (χ3n) is 3.42. The van der Waals surface area contributed by atoms with Crippen LogP contribution in [0.1, 0.15) is 79.1 Å². The second-order valence-electron chi connectivity index (χ2n) is 7.52. The minimum absolute atomic E-state index is 0.0364. The van der Waals surface area contributed by atoms with Gasteiger partial charge in [-0.2, -0.15) is 0 Å². The molecule has 0 spiro atoms. The quantitative estimate of drug-likeness (QED) is 0.137. The van der Waals surface area contributed by atoms with Crippen LogP contribution in [0.25, 0.3) is 0 Å². The first-order chi connectivity index (χ1) is 15.6. The van der Waals surface area contributed by atoms with E-state index in [1.807, 2.05) is 0 Å². The van der Waals surface area contributed by atoms with Crippen molar-refractivity contribution in [1.29, 1.82) is 0 Å². The third-order valence-corrected chi connectivity index (χ3v) is 3.42. The van der Waals surface area contributed by atoms with Crippen LogP contribution in [0.3, 0.4) is 0 Å². The van der Waals surface area contributed by atoms with Gasteiger partial charge in [-0.15, -0.1) is 0 Å². The summed E-state index contributed by atoms with van der Waals surface area (Å²) in [5, 5.41) is 34.0. The van der Waals surface area contributed by atoms with Gasteiger partial charge in [0.25, 0.3) is 0 Å². The molecule has 0 aromatic carbocycles. The van der Waals surface area contributed by atoms with Gasteiger partial charge < -0.3 is 34.6 Å². The van der Waals surface area contributed by atoms with Gasteiger partial charge in [-0.05, 0) is 26.7 Å². The van der Waals surface area contributed by atoms with Crippen LogP contribution in [0.2, 0.25) is 0 Å². The number of aliphatic carboxylic acids is 2. The fraction of sp³-hybridized carbons (Fsp3) is 0.909. The molecule has 10 nitrogen and oxygen atoms in total. The molecule has 0 unspecified atom stereocenters. The molecule has 0 saturated carbocycles. The fourth-order valence-electron chi connectivity index (χ4n) is 1.88. The predicted octanol–water partition coefficient (Wildman–Crippen LogP) is 2.60. The number of aliphatic hydroxyl groups excluding tert-OH is 1. The van der Waals surface area contributed by atoms with Crippen LogP contribution in [0.15, 0.2) is 0 Å². The monoisotopic (exact) mass is 600 g/mol. The van der Waals surface area contributed by atoms with Crippen LogP contribution in [0, 0.1) is 0 Å². The van der Waals surface area contributed by atoms with Gasteiger partial charge in [-0.25, -0.2) is 0 Å². The van der Waals surface area contributed by atoms with Crippen LogP contribution < -0.4 is 0 Å². The molecule has 0 aliphatic heterocycles. The van der Waals surface area contributed by atoms with Crippen LogP contribution in [-0.4, -0.2) is 106 Å². The van der Waals surface area contributed by atoms with Gasteiger partial charge in [0.1, 0.15) is 0 Å². The molecule has 0 aliphatic carbocycles. The summed E-state index contributed by atoms with van der Waals surface area (Å²) >= 11 is 0.700. The molecule has 0 saturated heterocycles. The first-order valence-corrected chi connectivity index (χ1v) is 12.2. The van der Waals surface area contributed by atoms with Crippen molar-refractivity contribution < 1.29 is 47.3 Å². The van der Waals surface area contributed by atoms with E-state index in [9.17, 15) is 14.7 Å². The molecule has 0 aromatic heterocycles. The maximum absolute atomic E-state index is 9.87. The summed E-state index contributed by atoms with van der Waals surface area (Å²) in [6, 6.07) is 0. The maximum atomic E-state index is 9.87. The summed E-state index contributed by atoms with van der Waals surface area (Å²) in [7, 11) is 0. The van der Waals surface area contributed by atoms with Gasteiger partial charge in [0.15, 0.2) is 0 Å². The number of carboxylic acid groups (broad SMARTS) is 2. The summed E-state index contributed by atoms with van der Waals surface area (Å²) in [6.07, 6.45) is 6.55. The number of ether oxygens (including phenoxy) is 3. The summed E-state index contributed by atoms with van der Waals surface area (Å²) in [6.45, 7) is 10.1. The average Bonchev–Trinajstić information content (AvgIpc) is 2.74. The number of carbonyl (C=O) groups is 2. The first-order valence-electron chi connectivity index (χ1n) is 11.3. The van der Waals surface area contributed by atoms with Crippen LogP contribution in [0.4, 0.5) is 0 Å². The van der Waals surface area contributed by atoms with Crippen molar-refractivity contribution in [3.8, 4) is 0 Å². The fourth-order valence-corrected chi connectivity index (χ4v) is 1.88. The van der Waals surface area contributed by atoms with E-state index in [-0.39, 0.29) is 6.61 Å². The minimum atomic E-state index is -0.787. The molecule has 0 bridgehead atoms. The number of hydrogen-bond acceptors (Lipinski definition) is 8. The van der Waals surface area contributed by atoms with Gasteiger partial charge >= 0.3 is 37.3 Å². The van der Waals surface area contributed by atoms with Crippen LogP contribution in [0.5, 0.6) is 0 Å². The van der Waals surface area contributed by atoms with Gasteiger partial charge in [-0.3, -0.25) is 9.59 Å². The second-order valence-corrected chi connectivity index (χ2v) is 7.52. The molecule has 11 heteroatoms. The number of aliphatic hydroxyl groups is 2. The Kier molecular flexibility index (Phi) is 40.1. The van der Waals surface area contributed by atoms with E-state index in [1.165, 1.54) is 0 Å². The van der Waals surface area contributed by atoms with E-state index < -0.39 is 17.5 Å². The van der Waals surface area contributed by atoms with E-state index >= 15 is 0 Å². The van der Waals surface area contributed by atoms with Crippen LogP contribution in [-0.2, 0) is 26.9 Å². The molecular formula is C22H46O10Te. The predicted molar refractivity (Wildman–Crippen MR) is 126 cm³/mol. The van der Waals surface area contributed by atoms with E-state index in [0.29, 0.717) is 74.8 Å². The Morgan fingerprint density at radius 1 is 0.727 bits per heavy atom. The number of unbranched alkanes of at least 4 members (excludes halogenated alkanes) is 4. The normalized spacial score (nSPS) is 10.0. The van der Waals surface area contributed by atoms with Crippen molar-refractivity contribution in [2.45, 2.75) is 84.7 Å². The van der Waals surface area contributed by atoms with Gasteiger partial charge in [0.05, 0.1) is 51.8 Å². The molecule has 0 fully saturated rings. The Hall–Kier alpha value is -0.670. The molecule has 4 N–H and O–H groups in total. The Morgan fingerprint density at radius 3 is 1.39 bits per heavy atom. The van der Waals surface area contributed by atoms with Crippen molar-refractivity contribution in [1.82, 2.24) is 0 Å². The zero-order valence-electron chi connectivity index (χ0n) is 20.8. The molecule has 0 rings (SSSR count). The summed E-state index contributed by atoms with van der Waals surface area (Å²) in [5.74, 6) is -1.36. The summed E-state index contributed by atoms with van der Waals surface area (Å²) in [5.41, 5.74) is -0.787. The second kappa shape index (κ2) is 33.5. The Labute approximate surface area is 212 Å². The number of rotatable bonds is 18. The summed E-state index contributed by atoms with van der Waals surface area (Å²) in [4.78, 5) is 19.7. The molecule has 0 atom stereocenters. The first kappa shape index (κ1) is 39.5. The zero-order chi connectivity index (χ0) is 26.4. The van der Waals surface area contributed by atoms with Crippen molar-refractivity contribution in [3.63, 3.8) is 0 Å². The standard InChI is InChI=1S/C10H22O5.2C6H12O2.OTe/c1-10(2,12)9-15-8-7-14-6-5-13-4-3-11;2*1-2-3-4-5-6(7)8;1-2/h11-12H,3-9H2,1-2H3;2*2-5H2,1H3,(H,7,8);. The topological polar surface area (TPSA) is 160 Å². The van der Waals surface area contributed by atoms with Crippen molar-refractivity contribution >= 4 is 34.2 Å². The number of carboxylic acids is 2. The number of hydrogen-bond donors (Lipinski definition) is 4. The molecule has 0 heterocycles. The Bertz CT molecular complexity index is 383. The zero-order valence-corrected chi connectivity index (χ0v) is 23.1. The summed E-state index contributed by atoms with van der Waals surface area (Å²) < 4.78 is 23.6. The average molecular weight is 598 g/mol. The van der Waals surface area contributed by atoms with E-state index in [1.54, 1.807) is 13.8 Å². The molecule has 0 amide bonds. The van der Waals surface area contributed by atoms with Gasteiger partial charge in [0, 0.05) is 12.8 Å². The Balaban J connectivity index is -0.000000199. The molecule has 0 aliphatic rings. The Morgan fingerprint density at radius 2 is 1.09 bits per heavy atom. The van der Waals surface area contributed by atoms with E-state index in [2.05, 4.69) is 13.8 Å².